The highest BCUT2D eigenvalue weighted by Gasteiger charge is 2.13. The minimum Gasteiger partial charge on any atom is -0.383 e. The predicted molar refractivity (Wildman–Crippen MR) is 57.3 cm³/mol. The molecule has 0 amide bonds. The van der Waals surface area contributed by atoms with Crippen molar-refractivity contribution in [3.63, 3.8) is 0 Å². The van der Waals surface area contributed by atoms with Gasteiger partial charge in [0.25, 0.3) is 0 Å². The maximum Gasteiger partial charge on any atom is 0.215 e. The molecule has 0 aromatic heterocycles. The topological polar surface area (TPSA) is 101 Å². The Morgan fingerprint density at radius 3 is 2.50 bits per heavy atom. The second-order valence-corrected chi connectivity index (χ2v) is 2.95. The molecule has 6 nitrogen and oxygen atoms in total. The molecule has 6 heteroatoms. The third-order valence-corrected chi connectivity index (χ3v) is 1.81. The molecular formula is C8H19N5O. The summed E-state index contributed by atoms with van der Waals surface area (Å²) in [5, 5.41) is 6.99. The minimum atomic E-state index is -0.287. The number of nitrogens with two attached hydrogens (primary N) is 2. The van der Waals surface area contributed by atoms with Gasteiger partial charge in [-0.25, -0.2) is 0 Å². The van der Waals surface area contributed by atoms with Crippen LogP contribution < -0.4 is 11.5 Å². The molecule has 0 aliphatic carbocycles. The van der Waals surface area contributed by atoms with Crippen LogP contribution in [0.3, 0.4) is 0 Å². The van der Waals surface area contributed by atoms with E-state index >= 15 is 0 Å². The number of hydrogen-bond donors (Lipinski definition) is 3. The lowest BCUT2D eigenvalue weighted by Crippen LogP contribution is -2.45. The van der Waals surface area contributed by atoms with Crippen LogP contribution in [0.4, 0.5) is 0 Å². The number of rotatable bonds is 4. The monoisotopic (exact) mass is 201 g/mol. The molecule has 0 saturated heterocycles. The zero-order valence-corrected chi connectivity index (χ0v) is 8.95. The molecule has 14 heavy (non-hydrogen) atoms. The molecule has 0 spiro atoms. The van der Waals surface area contributed by atoms with E-state index in [4.69, 9.17) is 21.6 Å². The van der Waals surface area contributed by atoms with E-state index < -0.39 is 0 Å². The Morgan fingerprint density at radius 1 is 1.57 bits per heavy atom. The number of methoxy groups -OCH3 is 1. The lowest BCUT2D eigenvalue weighted by Gasteiger charge is -2.28. The van der Waals surface area contributed by atoms with Crippen molar-refractivity contribution in [2.75, 3.05) is 20.3 Å². The molecule has 0 bridgehead atoms. The average molecular weight is 201 g/mol. The number of guanidine groups is 2. The number of nitrogens with one attached hydrogen (secondary N) is 1. The smallest absolute Gasteiger partial charge is 0.215 e. The first-order chi connectivity index (χ1) is 6.52. The van der Waals surface area contributed by atoms with Gasteiger partial charge in [-0.15, -0.1) is 0 Å². The summed E-state index contributed by atoms with van der Waals surface area (Å²) in [7, 11) is 1.63. The fourth-order valence-corrected chi connectivity index (χ4v) is 1.22. The van der Waals surface area contributed by atoms with Crippen molar-refractivity contribution in [3.05, 3.63) is 0 Å². The number of aliphatic imine (C=N–C) groups is 1. The van der Waals surface area contributed by atoms with Crippen molar-refractivity contribution in [1.82, 2.24) is 4.90 Å². The van der Waals surface area contributed by atoms with Crippen LogP contribution in [-0.4, -0.2) is 43.1 Å². The highest BCUT2D eigenvalue weighted by Crippen LogP contribution is 1.98. The van der Waals surface area contributed by atoms with Crippen molar-refractivity contribution in [3.8, 4) is 0 Å². The summed E-state index contributed by atoms with van der Waals surface area (Å²) in [5.74, 6) is -0.0323. The zero-order chi connectivity index (χ0) is 11.1. The quantitative estimate of drug-likeness (QED) is 0.423. The second kappa shape index (κ2) is 6.20. The third-order valence-electron chi connectivity index (χ3n) is 1.81. The third kappa shape index (κ3) is 4.08. The molecule has 1 atom stereocenters. The highest BCUT2D eigenvalue weighted by molar-refractivity contribution is 5.91. The van der Waals surface area contributed by atoms with Crippen molar-refractivity contribution in [1.29, 1.82) is 5.41 Å². The Balaban J connectivity index is 4.46. The van der Waals surface area contributed by atoms with E-state index in [1.54, 1.807) is 7.11 Å². The molecular weight excluding hydrogens is 182 g/mol. The van der Waals surface area contributed by atoms with Crippen molar-refractivity contribution in [2.24, 2.45) is 16.5 Å². The predicted octanol–water partition coefficient (Wildman–Crippen LogP) is -0.449. The van der Waals surface area contributed by atoms with Crippen LogP contribution in [0.2, 0.25) is 0 Å². The van der Waals surface area contributed by atoms with E-state index in [1.807, 2.05) is 18.7 Å². The van der Waals surface area contributed by atoms with Crippen LogP contribution in [0.15, 0.2) is 4.99 Å². The summed E-state index contributed by atoms with van der Waals surface area (Å²) < 4.78 is 5.00. The molecule has 0 radical (unpaired) electrons. The molecule has 5 N–H and O–H groups in total. The van der Waals surface area contributed by atoms with E-state index in [2.05, 4.69) is 4.99 Å². The summed E-state index contributed by atoms with van der Waals surface area (Å²) >= 11 is 0. The molecule has 0 aromatic carbocycles. The van der Waals surface area contributed by atoms with Gasteiger partial charge in [-0.1, -0.05) is 0 Å². The van der Waals surface area contributed by atoms with Gasteiger partial charge in [0.05, 0.1) is 12.6 Å². The van der Waals surface area contributed by atoms with Crippen molar-refractivity contribution >= 4 is 11.9 Å². The molecule has 0 fully saturated rings. The SMILES string of the molecule is CCN(/C(N)=N/C(=N)N)C(C)COC. The van der Waals surface area contributed by atoms with Crippen LogP contribution in [0.25, 0.3) is 0 Å². The number of hydrogen-bond acceptors (Lipinski definition) is 2. The summed E-state index contributed by atoms with van der Waals surface area (Å²) in [6.45, 7) is 5.18. The van der Waals surface area contributed by atoms with Crippen LogP contribution in [0.1, 0.15) is 13.8 Å². The van der Waals surface area contributed by atoms with Gasteiger partial charge < -0.3 is 21.1 Å². The van der Waals surface area contributed by atoms with Crippen molar-refractivity contribution < 1.29 is 4.74 Å². The van der Waals surface area contributed by atoms with E-state index in [0.29, 0.717) is 13.2 Å². The van der Waals surface area contributed by atoms with Gasteiger partial charge >= 0.3 is 0 Å². The standard InChI is InChI=1S/C8H19N5O/c1-4-13(6(2)5-14-3)8(11)12-7(9)10/h6H,4-5H2,1-3H3,(H5,9,10,11,12). The van der Waals surface area contributed by atoms with E-state index in [1.165, 1.54) is 0 Å². The van der Waals surface area contributed by atoms with E-state index in [9.17, 15) is 0 Å². The van der Waals surface area contributed by atoms with Gasteiger partial charge in [0, 0.05) is 13.7 Å². The lowest BCUT2D eigenvalue weighted by molar-refractivity contribution is 0.137. The van der Waals surface area contributed by atoms with Crippen LogP contribution in [0, 0.1) is 5.41 Å². The van der Waals surface area contributed by atoms with Crippen LogP contribution in [0.5, 0.6) is 0 Å². The molecule has 82 valence electrons. The highest BCUT2D eigenvalue weighted by atomic mass is 16.5. The summed E-state index contributed by atoms with van der Waals surface area (Å²) in [5.41, 5.74) is 10.8. The van der Waals surface area contributed by atoms with Gasteiger partial charge in [0.15, 0.2) is 5.96 Å². The molecule has 0 aromatic rings. The Bertz CT molecular complexity index is 216. The first-order valence-corrected chi connectivity index (χ1v) is 4.46. The van der Waals surface area contributed by atoms with E-state index in [0.717, 1.165) is 0 Å². The van der Waals surface area contributed by atoms with Crippen LogP contribution in [-0.2, 0) is 4.74 Å². The molecule has 0 rings (SSSR count). The van der Waals surface area contributed by atoms with Gasteiger partial charge in [-0.3, -0.25) is 5.41 Å². The number of nitrogens with zero attached hydrogens (tertiary/aromatic N) is 2. The first kappa shape index (κ1) is 12.7. The fraction of sp³-hybridized carbons (Fsp3) is 0.750. The minimum absolute atomic E-state index is 0.119. The Labute approximate surface area is 84.4 Å². The zero-order valence-electron chi connectivity index (χ0n) is 8.95. The van der Waals surface area contributed by atoms with Gasteiger partial charge in [0.1, 0.15) is 0 Å². The Hall–Kier alpha value is -1.30. The maximum atomic E-state index is 6.99. The largest absolute Gasteiger partial charge is 0.383 e. The molecule has 1 unspecified atom stereocenters. The Kier molecular flexibility index (Phi) is 5.62. The van der Waals surface area contributed by atoms with Gasteiger partial charge in [-0.2, -0.15) is 4.99 Å². The van der Waals surface area contributed by atoms with Gasteiger partial charge in [-0.05, 0) is 13.8 Å². The molecule has 0 saturated carbocycles. The maximum absolute atomic E-state index is 6.99. The average Bonchev–Trinajstić information content (AvgIpc) is 2.04. The summed E-state index contributed by atoms with van der Waals surface area (Å²) in [6.07, 6.45) is 0. The number of likely N-dealkylation sites (N-methyl/N-ethyl adjacent to an activating group) is 1. The normalized spacial score (nSPS) is 13.8. The first-order valence-electron chi connectivity index (χ1n) is 4.46. The fourth-order valence-electron chi connectivity index (χ4n) is 1.22. The molecule has 0 aliphatic heterocycles. The summed E-state index contributed by atoms with van der Waals surface area (Å²) in [6, 6.07) is 0.119. The van der Waals surface area contributed by atoms with E-state index in [-0.39, 0.29) is 18.0 Å². The van der Waals surface area contributed by atoms with Crippen molar-refractivity contribution in [2.45, 2.75) is 19.9 Å². The molecule has 0 heterocycles. The van der Waals surface area contributed by atoms with Gasteiger partial charge in [0.2, 0.25) is 5.96 Å². The summed E-state index contributed by atoms with van der Waals surface area (Å²) in [4.78, 5) is 5.50. The second-order valence-electron chi connectivity index (χ2n) is 2.95. The Morgan fingerprint density at radius 2 is 2.14 bits per heavy atom. The van der Waals surface area contributed by atoms with Crippen LogP contribution >= 0.6 is 0 Å². The molecule has 0 aliphatic rings. The number of ether oxygens (including phenoxy) is 1. The lowest BCUT2D eigenvalue weighted by atomic mass is 10.3.